The number of H-pyrrole nitrogens is 1. The van der Waals surface area contributed by atoms with Crippen molar-refractivity contribution in [2.45, 2.75) is 6.42 Å². The molecule has 0 amide bonds. The van der Waals surface area contributed by atoms with Gasteiger partial charge in [-0.15, -0.1) is 0 Å². The van der Waals surface area contributed by atoms with Crippen molar-refractivity contribution >= 4 is 91.2 Å². The Morgan fingerprint density at radius 1 is 0.494 bits per heavy atom. The normalized spacial score (nSPS) is 13.5. The molecule has 8 bridgehead atoms. The molecule has 3 N–H and O–H groups in total. The van der Waals surface area contributed by atoms with Crippen molar-refractivity contribution in [3.8, 4) is 22.9 Å². The molecule has 6 heterocycles. The molecule has 4 aliphatic rings. The molecule has 0 saturated carbocycles. The number of nitrogens with zero attached hydrogens (tertiary/aromatic N) is 4. The number of aromatic carboxylic acids is 2. The minimum Gasteiger partial charge on any atom is -0.255 e. The molecule has 3 aliphatic heterocycles. The number of carbonyl (C=O) groups is 4. The second kappa shape index (κ2) is 28.0. The summed E-state index contributed by atoms with van der Waals surface area (Å²) in [6.45, 7) is 7.26. The van der Waals surface area contributed by atoms with E-state index in [2.05, 4.69) is 34.6 Å². The minimum absolute atomic E-state index is 0.143. The number of carboxylic acids is 2. The second-order valence-electron chi connectivity index (χ2n) is 16.5. The molecule has 0 unspecified atom stereocenters. The number of aromatic nitrogens is 3. The van der Waals surface area contributed by atoms with Crippen LogP contribution in [0.1, 0.15) is 60.8 Å². The topological polar surface area (TPSA) is 228 Å². The summed E-state index contributed by atoms with van der Waals surface area (Å²) in [6, 6.07) is 43.2. The maximum absolute atomic E-state index is 11.9. The standard InChI is InChI=1S/C49H31N3O8.C10H8N2.2CHO.2ClH.Re/c53-26-59-36-15-11-29(12-16-36)45-35-10-9-34(25-35)44(28-1-5-32(6-2-28)48(55)56)38-19-21-40(50-38)46(30-3-7-33(8-4-30)49(57)58)42-23-24-43(52-42)47(41-22-20-39(45)51-41)31-13-17-37(18-14-31)60-27-54;1-3-7-11-9(5-1)10-6-2-4-8-12-10;2*1-2;;;/h1-24,26-27,52H,25H2,(H,55,56)(H,57,58);1-8H;2*1H;2*1H;/q;;2*-1;;;+2/p-2. The molecule has 0 spiro atoms. The van der Waals surface area contributed by atoms with Gasteiger partial charge in [-0.1, -0.05) is 72.8 Å². The van der Waals surface area contributed by atoms with Crippen LogP contribution in [-0.2, 0) is 35.1 Å². The average molecular weight is 1260 g/mol. The van der Waals surface area contributed by atoms with E-state index in [1.54, 1.807) is 85.2 Å². The fourth-order valence-corrected chi connectivity index (χ4v) is 8.81. The predicted octanol–water partition coefficient (Wildman–Crippen LogP) is 11.9. The van der Waals surface area contributed by atoms with Crippen molar-refractivity contribution < 1.29 is 64.4 Å². The number of carbonyl (C=O) groups excluding carboxylic acids is 4. The number of nitrogens with one attached hydrogen (secondary N) is 1. The van der Waals surface area contributed by atoms with Crippen LogP contribution >= 0.6 is 19.1 Å². The minimum atomic E-state index is -1.04. The van der Waals surface area contributed by atoms with Crippen LogP contribution in [0.25, 0.3) is 33.7 Å². The Hall–Kier alpha value is -9.56. The molecule has 0 fully saturated rings. The number of aromatic amines is 1. The molecule has 4 aromatic carbocycles. The van der Waals surface area contributed by atoms with Crippen LogP contribution in [0.5, 0.6) is 11.5 Å². The first-order chi connectivity index (χ1) is 38.7. The van der Waals surface area contributed by atoms with E-state index in [1.807, 2.05) is 103 Å². The Labute approximate surface area is 468 Å². The third-order valence-corrected chi connectivity index (χ3v) is 12.1. The van der Waals surface area contributed by atoms with Crippen LogP contribution in [-0.4, -0.2) is 75.0 Å². The molecule has 15 nitrogen and oxygen atoms in total. The quantitative estimate of drug-likeness (QED) is 0.0812. The number of carboxylic acid groups (broad SMARTS) is 2. The Morgan fingerprint density at radius 3 is 1.18 bits per heavy atom. The van der Waals surface area contributed by atoms with Gasteiger partial charge < -0.3 is 34.3 Å². The van der Waals surface area contributed by atoms with Crippen LogP contribution < -0.4 is 9.47 Å². The van der Waals surface area contributed by atoms with Crippen molar-refractivity contribution in [3.05, 3.63) is 262 Å². The summed E-state index contributed by atoms with van der Waals surface area (Å²) in [5, 5.41) is 19.4. The fraction of sp³-hybridized carbons (Fsp3) is 0.0164. The van der Waals surface area contributed by atoms with E-state index in [0.29, 0.717) is 59.4 Å². The molecule has 11 rings (SSSR count). The number of halogens is 2. The summed E-state index contributed by atoms with van der Waals surface area (Å²) in [5.74, 6) is -1.30. The summed E-state index contributed by atoms with van der Waals surface area (Å²) in [4.78, 5) is 84.0. The molecule has 0 atom stereocenters. The van der Waals surface area contributed by atoms with E-state index >= 15 is 0 Å². The van der Waals surface area contributed by atoms with Gasteiger partial charge in [0.05, 0.1) is 45.3 Å². The van der Waals surface area contributed by atoms with Crippen LogP contribution in [0.3, 0.4) is 0 Å². The van der Waals surface area contributed by atoms with Gasteiger partial charge in [-0.25, -0.2) is 19.6 Å². The van der Waals surface area contributed by atoms with Crippen LogP contribution in [0.15, 0.2) is 227 Å². The fourth-order valence-electron chi connectivity index (χ4n) is 8.81. The number of aliphatic imine (C=N–C) groups is 2. The average Bonchev–Trinajstić information content (AvgIpc) is 4.41. The van der Waals surface area contributed by atoms with Gasteiger partial charge in [-0.05, 0) is 149 Å². The number of hydrogen-bond acceptors (Lipinski definition) is 12. The Kier molecular flexibility index (Phi) is 20.3. The number of benzene rings is 4. The molecule has 7 aromatic rings. The molecular weight excluding hydrogens is 1220 g/mol. The van der Waals surface area contributed by atoms with Gasteiger partial charge in [-0.2, -0.15) is 0 Å². The summed E-state index contributed by atoms with van der Waals surface area (Å²) in [5.41, 5.74) is 14.4. The SMILES string of the molecule is O=COc1ccc(C2=C3C=CC(=C(c4ccc(C(=O)O)cc4)C4=NC(=C(c5ccc(C(=O)O)cc5)c5ccc([nH]5)C(c5ccc(OC=O)cc5)=C5C=CC2=N5)C=C4)C3)cc1.[CH-]=O.[CH-]=O.[Cl][Re][Cl].c1ccc(-c2ccccn2)nc1. The van der Waals surface area contributed by atoms with Gasteiger partial charge in [0.1, 0.15) is 11.5 Å². The third-order valence-electron chi connectivity index (χ3n) is 12.1. The maximum atomic E-state index is 11.9. The van der Waals surface area contributed by atoms with Gasteiger partial charge in [0.15, 0.2) is 0 Å². The number of rotatable bonds is 11. The van der Waals surface area contributed by atoms with Gasteiger partial charge in [0, 0.05) is 46.1 Å². The number of allylic oxidation sites excluding steroid dienone is 10. The largest absolute Gasteiger partial charge is 0.255 e. The van der Waals surface area contributed by atoms with Crippen molar-refractivity contribution in [1.29, 1.82) is 0 Å². The van der Waals surface area contributed by atoms with Crippen LogP contribution in [0, 0.1) is 0 Å². The van der Waals surface area contributed by atoms with E-state index in [4.69, 9.17) is 48.1 Å². The van der Waals surface area contributed by atoms with E-state index in [0.717, 1.165) is 72.8 Å². The first kappa shape index (κ1) is 57.2. The van der Waals surface area contributed by atoms with E-state index in [-0.39, 0.29) is 11.1 Å². The zero-order chi connectivity index (χ0) is 56.3. The maximum Gasteiger partial charge on any atom is 0.0886 e. The Balaban J connectivity index is 0.000000406. The Morgan fingerprint density at radius 2 is 0.848 bits per heavy atom. The summed E-state index contributed by atoms with van der Waals surface area (Å²) in [6.07, 6.45) is 15.9. The molecule has 1 aliphatic carbocycles. The van der Waals surface area contributed by atoms with Gasteiger partial charge in [0.25, 0.3) is 12.9 Å². The van der Waals surface area contributed by atoms with Crippen LogP contribution in [0.2, 0.25) is 0 Å². The van der Waals surface area contributed by atoms with E-state index in [1.165, 1.54) is 0 Å². The molecule has 18 heteroatoms. The molecule has 393 valence electrons. The number of fused-ring (bicyclic) bond motifs is 6. The van der Waals surface area contributed by atoms with Crippen LogP contribution in [0.4, 0.5) is 0 Å². The number of hydrogen-bond donors (Lipinski definition) is 3. The first-order valence-corrected chi connectivity index (χ1v) is 30.0. The van der Waals surface area contributed by atoms with Gasteiger partial charge >= 0.3 is 46.9 Å². The predicted molar refractivity (Wildman–Crippen MR) is 299 cm³/mol. The van der Waals surface area contributed by atoms with E-state index in [9.17, 15) is 29.4 Å². The third kappa shape index (κ3) is 13.7. The number of pyridine rings is 2. The molecule has 79 heavy (non-hydrogen) atoms. The van der Waals surface area contributed by atoms with Crippen molar-refractivity contribution in [1.82, 2.24) is 15.0 Å². The Bertz CT molecular complexity index is 3620. The zero-order valence-electron chi connectivity index (χ0n) is 41.1. The summed E-state index contributed by atoms with van der Waals surface area (Å²) < 4.78 is 10.2. The molecule has 0 saturated heterocycles. The second-order valence-corrected chi connectivity index (χ2v) is 20.4. The summed E-state index contributed by atoms with van der Waals surface area (Å²) in [7, 11) is 9.83. The van der Waals surface area contributed by atoms with E-state index < -0.39 is 27.9 Å². The van der Waals surface area contributed by atoms with Gasteiger partial charge in [0.2, 0.25) is 0 Å². The number of ether oxygens (including phenoxy) is 2. The summed E-state index contributed by atoms with van der Waals surface area (Å²) >= 11 is -0.722. The zero-order valence-corrected chi connectivity index (χ0v) is 45.3. The van der Waals surface area contributed by atoms with Crippen molar-refractivity contribution in [2.75, 3.05) is 0 Å². The molecule has 0 radical (unpaired) electrons. The molecule has 3 aromatic heterocycles. The van der Waals surface area contributed by atoms with Gasteiger partial charge in [-0.3, -0.25) is 33.1 Å². The molecular formula is C61H41Cl2N5O10Re-2. The first-order valence-electron chi connectivity index (χ1n) is 23.3. The van der Waals surface area contributed by atoms with Crippen molar-refractivity contribution in [2.24, 2.45) is 9.98 Å². The monoisotopic (exact) mass is 1260 g/mol. The smallest absolute Gasteiger partial charge is 0.0886 e. The van der Waals surface area contributed by atoms with Crippen molar-refractivity contribution in [3.63, 3.8) is 0 Å².